The Morgan fingerprint density at radius 1 is 0.962 bits per heavy atom. The molecule has 4 aromatic rings. The first-order valence-corrected chi connectivity index (χ1v) is 18.4. The summed E-state index contributed by atoms with van der Waals surface area (Å²) in [6, 6.07) is 34.3. The zero-order chi connectivity index (χ0) is 36.8. The number of likely N-dealkylation sites (tertiary alicyclic amines) is 1. The van der Waals surface area contributed by atoms with Gasteiger partial charge in [0, 0.05) is 43.3 Å². The third-order valence-corrected chi connectivity index (χ3v) is 10.9. The van der Waals surface area contributed by atoms with E-state index in [9.17, 15) is 14.7 Å². The second-order valence-corrected chi connectivity index (χ2v) is 14.1. The number of aliphatic hydroxyl groups excluding tert-OH is 1. The van der Waals surface area contributed by atoms with Crippen LogP contribution >= 0.6 is 0 Å². The molecule has 0 aromatic heterocycles. The predicted molar refractivity (Wildman–Crippen MR) is 204 cm³/mol. The molecule has 10 nitrogen and oxygen atoms in total. The molecule has 53 heavy (non-hydrogen) atoms. The van der Waals surface area contributed by atoms with Crippen molar-refractivity contribution in [3.05, 3.63) is 138 Å². The molecule has 3 N–H and O–H groups in total. The Kier molecular flexibility index (Phi) is 11.2. The Morgan fingerprint density at radius 2 is 1.66 bits per heavy atom. The van der Waals surface area contributed by atoms with Crippen molar-refractivity contribution in [2.75, 3.05) is 37.8 Å². The van der Waals surface area contributed by atoms with Gasteiger partial charge in [-0.1, -0.05) is 111 Å². The van der Waals surface area contributed by atoms with Crippen molar-refractivity contribution in [3.8, 4) is 11.1 Å². The van der Waals surface area contributed by atoms with Crippen LogP contribution in [-0.2, 0) is 32.2 Å². The van der Waals surface area contributed by atoms with E-state index < -0.39 is 17.9 Å². The standard InChI is InChI=1S/C43H48N4O6/c1-3-25-51-42(50)44-26-35-9-7-8-12-37(35)32-17-19-34(20-18-32)40-52-38(30(2)39(53-40)33-15-13-31(28-48)14-16-33)27-46-23-21-43(22-24-46)41(49)45-29-47(43)36-10-5-4-6-11-36/h3-20,30,38-40,48H,1,21-29H2,2H3,(H,44,50)(H,45,49)/t30-,38+,39+,40+/m0/s1. The Balaban J connectivity index is 1.08. The zero-order valence-corrected chi connectivity index (χ0v) is 30.2. The van der Waals surface area contributed by atoms with Gasteiger partial charge in [-0.05, 0) is 52.8 Å². The Labute approximate surface area is 311 Å². The summed E-state index contributed by atoms with van der Waals surface area (Å²) >= 11 is 0. The summed E-state index contributed by atoms with van der Waals surface area (Å²) in [5.41, 5.74) is 6.28. The number of para-hydroxylation sites is 1. The normalized spacial score (nSPS) is 22.7. The van der Waals surface area contributed by atoms with Gasteiger partial charge >= 0.3 is 6.09 Å². The Bertz CT molecular complexity index is 1860. The second-order valence-electron chi connectivity index (χ2n) is 14.1. The van der Waals surface area contributed by atoms with E-state index in [4.69, 9.17) is 14.2 Å². The molecular weight excluding hydrogens is 668 g/mol. The van der Waals surface area contributed by atoms with E-state index in [2.05, 4.69) is 58.2 Å². The van der Waals surface area contributed by atoms with Crippen molar-refractivity contribution >= 4 is 17.7 Å². The van der Waals surface area contributed by atoms with Crippen molar-refractivity contribution in [3.63, 3.8) is 0 Å². The predicted octanol–water partition coefficient (Wildman–Crippen LogP) is 6.48. The average molecular weight is 717 g/mol. The molecule has 0 aliphatic carbocycles. The number of piperidine rings is 1. The average Bonchev–Trinajstić information content (AvgIpc) is 3.52. The van der Waals surface area contributed by atoms with E-state index >= 15 is 0 Å². The molecule has 7 rings (SSSR count). The lowest BCUT2D eigenvalue weighted by Crippen LogP contribution is -2.57. The minimum atomic E-state index is -0.602. The molecule has 3 aliphatic heterocycles. The highest BCUT2D eigenvalue weighted by atomic mass is 16.7. The van der Waals surface area contributed by atoms with E-state index in [0.717, 1.165) is 65.0 Å². The lowest BCUT2D eigenvalue weighted by atomic mass is 9.84. The second kappa shape index (κ2) is 16.3. The van der Waals surface area contributed by atoms with E-state index in [0.29, 0.717) is 19.8 Å². The molecule has 276 valence electrons. The van der Waals surface area contributed by atoms with Crippen LogP contribution < -0.4 is 15.5 Å². The highest BCUT2D eigenvalue weighted by Crippen LogP contribution is 2.43. The Morgan fingerprint density at radius 3 is 2.38 bits per heavy atom. The number of rotatable bonds is 11. The van der Waals surface area contributed by atoms with Gasteiger partial charge in [-0.2, -0.15) is 0 Å². The van der Waals surface area contributed by atoms with Gasteiger partial charge in [0.25, 0.3) is 0 Å². The van der Waals surface area contributed by atoms with Gasteiger partial charge in [0.15, 0.2) is 6.29 Å². The topological polar surface area (TPSA) is 113 Å². The molecule has 4 atom stereocenters. The summed E-state index contributed by atoms with van der Waals surface area (Å²) < 4.78 is 18.6. The number of anilines is 1. The summed E-state index contributed by atoms with van der Waals surface area (Å²) in [7, 11) is 0. The number of amides is 2. The summed E-state index contributed by atoms with van der Waals surface area (Å²) in [5, 5.41) is 15.6. The number of ether oxygens (including phenoxy) is 3. The highest BCUT2D eigenvalue weighted by molar-refractivity contribution is 5.93. The largest absolute Gasteiger partial charge is 0.445 e. The van der Waals surface area contributed by atoms with Gasteiger partial charge in [-0.15, -0.1) is 0 Å². The number of carbonyl (C=O) groups is 2. The molecule has 3 heterocycles. The number of carbonyl (C=O) groups excluding carboxylic acids is 2. The van der Waals surface area contributed by atoms with Crippen LogP contribution in [0.1, 0.15) is 54.4 Å². The Hall–Kier alpha value is -5.00. The SMILES string of the molecule is C=CCOC(=O)NCc1ccccc1-c1ccc([C@@H]2O[C@H](CN3CCC4(CC3)C(=O)NCN4c3ccccc3)[C@H](C)[C@H](c3ccc(CO)cc3)O2)cc1. The van der Waals surface area contributed by atoms with Crippen LogP contribution in [0.15, 0.2) is 116 Å². The van der Waals surface area contributed by atoms with Crippen molar-refractivity contribution < 1.29 is 28.9 Å². The number of nitrogens with one attached hydrogen (secondary N) is 2. The van der Waals surface area contributed by atoms with Crippen LogP contribution in [0.2, 0.25) is 0 Å². The first-order chi connectivity index (χ1) is 25.9. The van der Waals surface area contributed by atoms with Gasteiger partial charge in [0.2, 0.25) is 5.91 Å². The number of alkyl carbamates (subject to hydrolysis) is 1. The monoisotopic (exact) mass is 716 g/mol. The zero-order valence-electron chi connectivity index (χ0n) is 30.2. The van der Waals surface area contributed by atoms with Crippen molar-refractivity contribution in [1.82, 2.24) is 15.5 Å². The number of nitrogens with zero attached hydrogens (tertiary/aromatic N) is 2. The summed E-state index contributed by atoms with van der Waals surface area (Å²) in [6.07, 6.45) is 1.53. The van der Waals surface area contributed by atoms with Crippen molar-refractivity contribution in [2.24, 2.45) is 5.92 Å². The third-order valence-electron chi connectivity index (χ3n) is 10.9. The lowest BCUT2D eigenvalue weighted by molar-refractivity contribution is -0.276. The summed E-state index contributed by atoms with van der Waals surface area (Å²) in [6.45, 7) is 9.01. The van der Waals surface area contributed by atoms with Gasteiger partial charge in [-0.3, -0.25) is 4.79 Å². The molecule has 4 aromatic carbocycles. The fourth-order valence-electron chi connectivity index (χ4n) is 7.85. The molecule has 10 heteroatoms. The summed E-state index contributed by atoms with van der Waals surface area (Å²) in [4.78, 5) is 30.0. The van der Waals surface area contributed by atoms with E-state index in [-0.39, 0.29) is 37.2 Å². The van der Waals surface area contributed by atoms with Crippen molar-refractivity contribution in [1.29, 1.82) is 0 Å². The smallest absolute Gasteiger partial charge is 0.407 e. The maximum atomic E-state index is 13.3. The minimum absolute atomic E-state index is 0.0170. The quantitative estimate of drug-likeness (QED) is 0.151. The molecule has 0 unspecified atom stereocenters. The molecule has 1 spiro atoms. The van der Waals surface area contributed by atoms with E-state index in [1.807, 2.05) is 78.9 Å². The third kappa shape index (κ3) is 7.87. The number of hydrogen-bond acceptors (Lipinski definition) is 8. The molecular formula is C43H48N4O6. The summed E-state index contributed by atoms with van der Waals surface area (Å²) in [5.74, 6) is 0.144. The van der Waals surface area contributed by atoms with Crippen molar-refractivity contribution in [2.45, 2.75) is 57.0 Å². The fraction of sp³-hybridized carbons (Fsp3) is 0.349. The number of benzene rings is 4. The van der Waals surface area contributed by atoms with Crippen LogP contribution in [0.5, 0.6) is 0 Å². The first kappa shape index (κ1) is 36.4. The lowest BCUT2D eigenvalue weighted by Gasteiger charge is -2.46. The van der Waals surface area contributed by atoms with Gasteiger partial charge < -0.3 is 39.8 Å². The fourth-order valence-corrected chi connectivity index (χ4v) is 7.85. The van der Waals surface area contributed by atoms with Gasteiger partial charge in [0.05, 0.1) is 25.5 Å². The molecule has 3 fully saturated rings. The van der Waals surface area contributed by atoms with Crippen LogP contribution in [0, 0.1) is 5.92 Å². The van der Waals surface area contributed by atoms with E-state index in [1.165, 1.54) is 6.08 Å². The molecule has 3 aliphatic rings. The van der Waals surface area contributed by atoms with Crippen LogP contribution in [0.4, 0.5) is 10.5 Å². The van der Waals surface area contributed by atoms with E-state index in [1.54, 1.807) is 0 Å². The van der Waals surface area contributed by atoms with Crippen LogP contribution in [0.25, 0.3) is 11.1 Å². The number of hydrogen-bond donors (Lipinski definition) is 3. The molecule has 0 bridgehead atoms. The molecule has 2 amide bonds. The molecule has 3 saturated heterocycles. The van der Waals surface area contributed by atoms with Gasteiger partial charge in [0.1, 0.15) is 12.1 Å². The van der Waals surface area contributed by atoms with Crippen LogP contribution in [0.3, 0.4) is 0 Å². The minimum Gasteiger partial charge on any atom is -0.445 e. The maximum Gasteiger partial charge on any atom is 0.407 e. The number of aliphatic hydroxyl groups is 1. The first-order valence-electron chi connectivity index (χ1n) is 18.4. The molecule has 0 saturated carbocycles. The highest BCUT2D eigenvalue weighted by Gasteiger charge is 2.51. The maximum absolute atomic E-state index is 13.3. The van der Waals surface area contributed by atoms with Gasteiger partial charge in [-0.25, -0.2) is 4.79 Å². The molecule has 0 radical (unpaired) electrons. The van der Waals surface area contributed by atoms with Crippen LogP contribution in [-0.4, -0.2) is 66.6 Å².